The lowest BCUT2D eigenvalue weighted by Crippen LogP contribution is -2.39. The smallest absolute Gasteiger partial charge is 0.405 e. The summed E-state index contributed by atoms with van der Waals surface area (Å²) in [6.07, 6.45) is -4.76. The minimum atomic E-state index is -4.76. The normalized spacial score (nSPS) is 12.7. The Hall–Kier alpha value is -2.54. The topological polar surface area (TPSA) is 41.6 Å². The van der Waals surface area contributed by atoms with Crippen molar-refractivity contribution in [1.29, 1.82) is 0 Å². The molecule has 0 aliphatic rings. The number of amides is 1. The van der Waals surface area contributed by atoms with Gasteiger partial charge < -0.3 is 10.1 Å². The summed E-state index contributed by atoms with van der Waals surface area (Å²) in [5.41, 5.74) is 3.11. The van der Waals surface area contributed by atoms with Gasteiger partial charge in [-0.15, -0.1) is 13.2 Å². The first-order chi connectivity index (χ1) is 12.6. The Kier molecular flexibility index (Phi) is 6.49. The molecule has 1 amide bonds. The number of hydrogen-bond donors (Lipinski definition) is 1. The molecule has 2 rings (SSSR count). The first kappa shape index (κ1) is 20.8. The first-order valence-electron chi connectivity index (χ1n) is 8.49. The van der Waals surface area contributed by atoms with Gasteiger partial charge in [0.05, 0.1) is 6.04 Å². The van der Waals surface area contributed by atoms with Gasteiger partial charge in [-0.2, -0.15) is 0 Å². The largest absolute Gasteiger partial charge is 0.573 e. The van der Waals surface area contributed by atoms with Crippen LogP contribution in [0.15, 0.2) is 42.5 Å². The molecule has 7 heteroatoms. The van der Waals surface area contributed by atoms with Crippen LogP contribution in [0.1, 0.15) is 23.6 Å². The highest BCUT2D eigenvalue weighted by atomic mass is 19.4. The molecule has 0 radical (unpaired) electrons. The number of anilines is 1. The van der Waals surface area contributed by atoms with Crippen LogP contribution < -0.4 is 10.1 Å². The number of alkyl halides is 3. The molecule has 0 heterocycles. The number of ether oxygens (including phenoxy) is 1. The molecule has 0 aliphatic heterocycles. The van der Waals surface area contributed by atoms with Crippen molar-refractivity contribution in [2.24, 2.45) is 0 Å². The molecular formula is C20H23F3N2O2. The van der Waals surface area contributed by atoms with Crippen LogP contribution in [-0.2, 0) is 11.3 Å². The van der Waals surface area contributed by atoms with Gasteiger partial charge in [-0.3, -0.25) is 9.69 Å². The van der Waals surface area contributed by atoms with Gasteiger partial charge in [-0.05, 0) is 45.5 Å². The first-order valence-corrected chi connectivity index (χ1v) is 8.49. The number of halogens is 3. The predicted octanol–water partition coefficient (Wildman–Crippen LogP) is 4.66. The zero-order valence-corrected chi connectivity index (χ0v) is 15.7. The van der Waals surface area contributed by atoms with Crippen molar-refractivity contribution in [1.82, 2.24) is 4.90 Å². The van der Waals surface area contributed by atoms with E-state index in [2.05, 4.69) is 10.1 Å². The summed E-state index contributed by atoms with van der Waals surface area (Å²) < 4.78 is 41.7. The number of nitrogens with zero attached hydrogens (tertiary/aromatic N) is 1. The van der Waals surface area contributed by atoms with E-state index in [1.54, 1.807) is 31.0 Å². The van der Waals surface area contributed by atoms with Gasteiger partial charge >= 0.3 is 6.36 Å². The third-order valence-corrected chi connectivity index (χ3v) is 4.30. The maximum atomic E-state index is 12.6. The van der Waals surface area contributed by atoms with Crippen molar-refractivity contribution in [2.45, 2.75) is 39.7 Å². The van der Waals surface area contributed by atoms with Gasteiger partial charge in [0.1, 0.15) is 5.75 Å². The fourth-order valence-corrected chi connectivity index (χ4v) is 2.66. The highest BCUT2D eigenvalue weighted by Crippen LogP contribution is 2.27. The van der Waals surface area contributed by atoms with E-state index in [0.717, 1.165) is 11.1 Å². The number of para-hydroxylation sites is 1. The molecule has 2 aromatic rings. The number of likely N-dealkylation sites (N-methyl/N-ethyl adjacent to an activating group) is 1. The maximum absolute atomic E-state index is 12.6. The van der Waals surface area contributed by atoms with Gasteiger partial charge in [0.15, 0.2) is 0 Å². The Morgan fingerprint density at radius 1 is 1.19 bits per heavy atom. The predicted molar refractivity (Wildman–Crippen MR) is 98.6 cm³/mol. The van der Waals surface area contributed by atoms with E-state index in [1.807, 2.05) is 32.0 Å². The van der Waals surface area contributed by atoms with Crippen molar-refractivity contribution in [2.75, 3.05) is 12.4 Å². The zero-order valence-electron chi connectivity index (χ0n) is 15.7. The molecule has 0 bridgehead atoms. The number of carbonyl (C=O) groups excluding carboxylic acids is 1. The molecular weight excluding hydrogens is 357 g/mol. The Morgan fingerprint density at radius 2 is 1.85 bits per heavy atom. The lowest BCUT2D eigenvalue weighted by molar-refractivity contribution is -0.275. The van der Waals surface area contributed by atoms with Gasteiger partial charge in [0, 0.05) is 17.8 Å². The van der Waals surface area contributed by atoms with Gasteiger partial charge in [-0.25, -0.2) is 0 Å². The second-order valence-corrected chi connectivity index (χ2v) is 6.55. The molecule has 0 saturated heterocycles. The van der Waals surface area contributed by atoms with E-state index in [-0.39, 0.29) is 18.2 Å². The van der Waals surface area contributed by atoms with Crippen LogP contribution in [-0.4, -0.2) is 30.3 Å². The molecule has 1 N–H and O–H groups in total. The lowest BCUT2D eigenvalue weighted by Gasteiger charge is -2.25. The number of benzene rings is 2. The fourth-order valence-electron chi connectivity index (χ4n) is 2.66. The highest BCUT2D eigenvalue weighted by Gasteiger charge is 2.32. The van der Waals surface area contributed by atoms with E-state index < -0.39 is 12.4 Å². The van der Waals surface area contributed by atoms with E-state index in [4.69, 9.17) is 0 Å². The Labute approximate surface area is 156 Å². The summed E-state index contributed by atoms with van der Waals surface area (Å²) in [4.78, 5) is 14.2. The van der Waals surface area contributed by atoms with Gasteiger partial charge in [0.2, 0.25) is 5.91 Å². The van der Waals surface area contributed by atoms with Crippen LogP contribution in [0.2, 0.25) is 0 Å². The summed E-state index contributed by atoms with van der Waals surface area (Å²) in [6, 6.07) is 11.1. The number of rotatable bonds is 6. The van der Waals surface area contributed by atoms with Crippen molar-refractivity contribution in [3.63, 3.8) is 0 Å². The van der Waals surface area contributed by atoms with Crippen molar-refractivity contribution >= 4 is 11.6 Å². The quantitative estimate of drug-likeness (QED) is 0.792. The average Bonchev–Trinajstić information content (AvgIpc) is 2.57. The standard InChI is InChI=1S/C20H23F3N2O2/c1-13-9-10-17(14(2)11-13)24-19(26)15(3)25(4)12-16-7-5-6-8-18(16)27-20(21,22)23/h5-11,15H,12H2,1-4H3,(H,24,26). The Balaban J connectivity index is 2.07. The van der Waals surface area contributed by atoms with E-state index >= 15 is 0 Å². The van der Waals surface area contributed by atoms with Crippen LogP contribution in [0.5, 0.6) is 5.75 Å². The molecule has 0 saturated carbocycles. The molecule has 2 aromatic carbocycles. The molecule has 0 spiro atoms. The minimum absolute atomic E-state index is 0.133. The number of hydrogen-bond acceptors (Lipinski definition) is 3. The molecule has 0 aromatic heterocycles. The molecule has 0 aliphatic carbocycles. The van der Waals surface area contributed by atoms with Gasteiger partial charge in [0.25, 0.3) is 0 Å². The highest BCUT2D eigenvalue weighted by molar-refractivity contribution is 5.95. The van der Waals surface area contributed by atoms with Crippen LogP contribution in [0.3, 0.4) is 0 Å². The van der Waals surface area contributed by atoms with Crippen LogP contribution >= 0.6 is 0 Å². The third kappa shape index (κ3) is 5.99. The third-order valence-electron chi connectivity index (χ3n) is 4.30. The summed E-state index contributed by atoms with van der Waals surface area (Å²) in [6.45, 7) is 5.71. The summed E-state index contributed by atoms with van der Waals surface area (Å²) >= 11 is 0. The molecule has 4 nitrogen and oxygen atoms in total. The fraction of sp³-hybridized carbons (Fsp3) is 0.350. The van der Waals surface area contributed by atoms with Crippen LogP contribution in [0.25, 0.3) is 0 Å². The molecule has 0 fully saturated rings. The Morgan fingerprint density at radius 3 is 2.48 bits per heavy atom. The zero-order chi connectivity index (χ0) is 20.2. The van der Waals surface area contributed by atoms with E-state index in [1.165, 1.54) is 12.1 Å². The molecule has 1 unspecified atom stereocenters. The SMILES string of the molecule is Cc1ccc(NC(=O)C(C)N(C)Cc2ccccc2OC(F)(F)F)c(C)c1. The van der Waals surface area contributed by atoms with Crippen LogP contribution in [0.4, 0.5) is 18.9 Å². The summed E-state index contributed by atoms with van der Waals surface area (Å²) in [5, 5.41) is 2.86. The number of carbonyl (C=O) groups is 1. The van der Waals surface area contributed by atoms with Crippen LogP contribution in [0, 0.1) is 13.8 Å². The van der Waals surface area contributed by atoms with Crippen molar-refractivity contribution in [3.8, 4) is 5.75 Å². The second kappa shape index (κ2) is 8.43. The number of nitrogens with one attached hydrogen (secondary N) is 1. The lowest BCUT2D eigenvalue weighted by atomic mass is 10.1. The Bertz CT molecular complexity index is 806. The molecule has 27 heavy (non-hydrogen) atoms. The van der Waals surface area contributed by atoms with Crippen molar-refractivity contribution in [3.05, 3.63) is 59.2 Å². The minimum Gasteiger partial charge on any atom is -0.405 e. The summed E-state index contributed by atoms with van der Waals surface area (Å²) in [5.74, 6) is -0.502. The average molecular weight is 380 g/mol. The molecule has 1 atom stereocenters. The summed E-state index contributed by atoms with van der Waals surface area (Å²) in [7, 11) is 1.68. The van der Waals surface area contributed by atoms with E-state index in [0.29, 0.717) is 11.3 Å². The van der Waals surface area contributed by atoms with E-state index in [9.17, 15) is 18.0 Å². The molecule has 146 valence electrons. The maximum Gasteiger partial charge on any atom is 0.573 e. The van der Waals surface area contributed by atoms with Crippen molar-refractivity contribution < 1.29 is 22.7 Å². The second-order valence-electron chi connectivity index (χ2n) is 6.55. The number of aryl methyl sites for hydroxylation is 2. The monoisotopic (exact) mass is 380 g/mol. The van der Waals surface area contributed by atoms with Gasteiger partial charge in [-0.1, -0.05) is 35.9 Å².